The van der Waals surface area contributed by atoms with Gasteiger partial charge in [-0.15, -0.1) is 0 Å². The molecule has 0 aliphatic heterocycles. The Hall–Kier alpha value is -4.14. The number of rotatable bonds is 9. The van der Waals surface area contributed by atoms with E-state index in [2.05, 4.69) is 27.9 Å². The van der Waals surface area contributed by atoms with Crippen molar-refractivity contribution in [1.29, 1.82) is 5.26 Å². The number of benzene rings is 4. The molecule has 39 heavy (non-hydrogen) atoms. The normalized spacial score (nSPS) is 11.1. The topological polar surface area (TPSA) is 114 Å². The summed E-state index contributed by atoms with van der Waals surface area (Å²) >= 11 is 7.96. The van der Waals surface area contributed by atoms with Crippen LogP contribution < -0.4 is 14.8 Å². The smallest absolute Gasteiger partial charge is 0.294 e. The van der Waals surface area contributed by atoms with Gasteiger partial charge in [-0.2, -0.15) is 5.26 Å². The van der Waals surface area contributed by atoms with Crippen LogP contribution in [0.4, 0.5) is 11.4 Å². The van der Waals surface area contributed by atoms with Crippen LogP contribution in [-0.4, -0.2) is 17.4 Å². The Morgan fingerprint density at radius 1 is 1.13 bits per heavy atom. The van der Waals surface area contributed by atoms with Crippen molar-refractivity contribution in [2.24, 2.45) is 0 Å². The molecule has 4 aromatic rings. The van der Waals surface area contributed by atoms with Gasteiger partial charge in [0.25, 0.3) is 11.6 Å². The van der Waals surface area contributed by atoms with E-state index in [0.29, 0.717) is 30.3 Å². The van der Waals surface area contributed by atoms with Crippen LogP contribution in [-0.2, 0) is 11.4 Å². The summed E-state index contributed by atoms with van der Waals surface area (Å²) in [6.45, 7) is 2.54. The van der Waals surface area contributed by atoms with Gasteiger partial charge in [-0.25, -0.2) is 0 Å². The number of carbonyl (C=O) groups excluding carboxylic acids is 1. The number of nitrogens with zero attached hydrogens (tertiary/aromatic N) is 2. The molecular weight excluding hydrogens is 633 g/mol. The summed E-state index contributed by atoms with van der Waals surface area (Å²) in [4.78, 5) is 23.5. The Bertz CT molecular complexity index is 1640. The monoisotopic (exact) mass is 653 g/mol. The molecule has 0 bridgehead atoms. The number of hydrogen-bond donors (Lipinski definition) is 1. The van der Waals surface area contributed by atoms with Gasteiger partial charge in [0.1, 0.15) is 23.9 Å². The van der Waals surface area contributed by atoms with Crippen LogP contribution >= 0.6 is 34.2 Å². The summed E-state index contributed by atoms with van der Waals surface area (Å²) in [6.07, 6.45) is 1.39. The summed E-state index contributed by atoms with van der Waals surface area (Å²) in [6, 6.07) is 23.2. The van der Waals surface area contributed by atoms with E-state index in [1.165, 1.54) is 18.2 Å². The number of nitro benzene ring substituents is 1. The van der Waals surface area contributed by atoms with Gasteiger partial charge in [0.2, 0.25) is 0 Å². The van der Waals surface area contributed by atoms with Gasteiger partial charge in [-0.1, -0.05) is 54.1 Å². The number of nitrogens with one attached hydrogen (secondary N) is 1. The van der Waals surface area contributed by atoms with E-state index >= 15 is 0 Å². The van der Waals surface area contributed by atoms with E-state index in [1.54, 1.807) is 12.1 Å². The summed E-state index contributed by atoms with van der Waals surface area (Å²) < 4.78 is 12.7. The molecule has 1 N–H and O–H groups in total. The molecule has 0 radical (unpaired) electrons. The second-order valence-electron chi connectivity index (χ2n) is 8.23. The lowest BCUT2D eigenvalue weighted by Gasteiger charge is -2.16. The third-order valence-electron chi connectivity index (χ3n) is 5.66. The van der Waals surface area contributed by atoms with Crippen molar-refractivity contribution >= 4 is 68.3 Å². The Labute approximate surface area is 243 Å². The van der Waals surface area contributed by atoms with Crippen LogP contribution in [0.25, 0.3) is 16.8 Å². The number of ether oxygens (including phenoxy) is 2. The minimum Gasteiger partial charge on any atom is -0.490 e. The van der Waals surface area contributed by atoms with Gasteiger partial charge in [0.15, 0.2) is 11.5 Å². The summed E-state index contributed by atoms with van der Waals surface area (Å²) in [5, 5.41) is 25.8. The van der Waals surface area contributed by atoms with Gasteiger partial charge >= 0.3 is 0 Å². The number of carbonyl (C=O) groups is 1. The number of fused-ring (bicyclic) bond motifs is 1. The third-order valence-corrected chi connectivity index (χ3v) is 6.70. The van der Waals surface area contributed by atoms with Gasteiger partial charge in [-0.05, 0) is 81.8 Å². The van der Waals surface area contributed by atoms with Gasteiger partial charge in [0.05, 0.1) is 15.1 Å². The minimum absolute atomic E-state index is 0.0719. The summed E-state index contributed by atoms with van der Waals surface area (Å²) in [5.41, 5.74) is 0.848. The van der Waals surface area contributed by atoms with Crippen molar-refractivity contribution in [3.63, 3.8) is 0 Å². The lowest BCUT2D eigenvalue weighted by Crippen LogP contribution is -2.14. The molecule has 4 rings (SSSR count). The Morgan fingerprint density at radius 2 is 1.90 bits per heavy atom. The maximum absolute atomic E-state index is 12.8. The molecule has 0 saturated heterocycles. The molecule has 0 spiro atoms. The van der Waals surface area contributed by atoms with Crippen molar-refractivity contribution in [1.82, 2.24) is 0 Å². The molecule has 0 unspecified atom stereocenters. The Balaban J connectivity index is 1.61. The molecule has 196 valence electrons. The summed E-state index contributed by atoms with van der Waals surface area (Å²) in [7, 11) is 0. The van der Waals surface area contributed by atoms with Crippen molar-refractivity contribution in [3.8, 4) is 17.6 Å². The first-order valence-electron chi connectivity index (χ1n) is 11.7. The molecular formula is C29H21ClIN3O5. The number of nitro groups is 1. The van der Waals surface area contributed by atoms with Gasteiger partial charge in [0, 0.05) is 11.1 Å². The van der Waals surface area contributed by atoms with Gasteiger partial charge < -0.3 is 14.8 Å². The first-order valence-corrected chi connectivity index (χ1v) is 13.2. The zero-order chi connectivity index (χ0) is 27.9. The third kappa shape index (κ3) is 6.66. The number of anilines is 1. The van der Waals surface area contributed by atoms with Crippen molar-refractivity contribution < 1.29 is 19.2 Å². The number of nitriles is 1. The van der Waals surface area contributed by atoms with Crippen LogP contribution in [0.15, 0.2) is 78.4 Å². The second kappa shape index (κ2) is 12.6. The maximum Gasteiger partial charge on any atom is 0.294 e. The van der Waals surface area contributed by atoms with Crippen molar-refractivity contribution in [2.45, 2.75) is 13.5 Å². The first kappa shape index (κ1) is 27.9. The fraction of sp³-hybridized carbons (Fsp3) is 0.103. The zero-order valence-electron chi connectivity index (χ0n) is 20.6. The predicted octanol–water partition coefficient (Wildman–Crippen LogP) is 7.53. The second-order valence-corrected chi connectivity index (χ2v) is 9.83. The van der Waals surface area contributed by atoms with E-state index in [-0.39, 0.29) is 22.0 Å². The molecule has 0 fully saturated rings. The SMILES string of the molecule is CCOc1cc(/C=C(/C#N)C(=O)Nc2ccc(Cl)cc2[N+](=O)[O-])cc(I)c1OCc1cccc2ccccc12. The molecule has 0 aromatic heterocycles. The average Bonchev–Trinajstić information content (AvgIpc) is 2.92. The van der Waals surface area contributed by atoms with E-state index in [0.717, 1.165) is 26.0 Å². The maximum atomic E-state index is 12.8. The molecule has 4 aromatic carbocycles. The largest absolute Gasteiger partial charge is 0.490 e. The fourth-order valence-corrected chi connectivity index (χ4v) is 4.86. The molecule has 1 amide bonds. The highest BCUT2D eigenvalue weighted by atomic mass is 127. The van der Waals surface area contributed by atoms with E-state index in [1.807, 2.05) is 55.5 Å². The highest BCUT2D eigenvalue weighted by Crippen LogP contribution is 2.36. The highest BCUT2D eigenvalue weighted by molar-refractivity contribution is 14.1. The van der Waals surface area contributed by atoms with Crippen LogP contribution in [0.1, 0.15) is 18.1 Å². The van der Waals surface area contributed by atoms with E-state index in [9.17, 15) is 20.2 Å². The molecule has 0 heterocycles. The lowest BCUT2D eigenvalue weighted by molar-refractivity contribution is -0.383. The Morgan fingerprint density at radius 3 is 2.64 bits per heavy atom. The Kier molecular flexibility index (Phi) is 9.01. The predicted molar refractivity (Wildman–Crippen MR) is 159 cm³/mol. The minimum atomic E-state index is -0.799. The fourth-order valence-electron chi connectivity index (χ4n) is 3.91. The lowest BCUT2D eigenvalue weighted by atomic mass is 10.1. The molecule has 0 atom stereocenters. The van der Waals surface area contributed by atoms with Crippen molar-refractivity contribution in [3.05, 3.63) is 108 Å². The summed E-state index contributed by atoms with van der Waals surface area (Å²) in [5.74, 6) is 0.205. The van der Waals surface area contributed by atoms with Crippen LogP contribution in [0.2, 0.25) is 5.02 Å². The van der Waals surface area contributed by atoms with E-state index < -0.39 is 10.8 Å². The molecule has 0 aliphatic rings. The molecule has 0 aliphatic carbocycles. The van der Waals surface area contributed by atoms with Crippen LogP contribution in [0.5, 0.6) is 11.5 Å². The standard InChI is InChI=1S/C29H21ClIN3O5/c1-2-38-27-14-18(12-21(16-32)29(35)33-25-11-10-22(30)15-26(25)34(36)37)13-24(31)28(27)39-17-20-8-5-7-19-6-3-4-9-23(19)20/h3-15H,2,17H2,1H3,(H,33,35)/b21-12-. The van der Waals surface area contributed by atoms with Crippen LogP contribution in [0.3, 0.4) is 0 Å². The highest BCUT2D eigenvalue weighted by Gasteiger charge is 2.19. The van der Waals surface area contributed by atoms with E-state index in [4.69, 9.17) is 21.1 Å². The van der Waals surface area contributed by atoms with Gasteiger partial charge in [-0.3, -0.25) is 14.9 Å². The molecule has 8 nitrogen and oxygen atoms in total. The number of hydrogen-bond acceptors (Lipinski definition) is 6. The van der Waals surface area contributed by atoms with Crippen LogP contribution in [0, 0.1) is 25.0 Å². The molecule has 10 heteroatoms. The quantitative estimate of drug-likeness (QED) is 0.0657. The van der Waals surface area contributed by atoms with Crippen molar-refractivity contribution in [2.75, 3.05) is 11.9 Å². The molecule has 0 saturated carbocycles. The zero-order valence-corrected chi connectivity index (χ0v) is 23.5. The number of halogens is 2. The first-order chi connectivity index (χ1) is 18.8. The average molecular weight is 654 g/mol. The number of amides is 1.